The first-order chi connectivity index (χ1) is 5.58. The van der Waals surface area contributed by atoms with Crippen LogP contribution in [0, 0.1) is 0 Å². The van der Waals surface area contributed by atoms with Crippen molar-refractivity contribution in [2.45, 2.75) is 37.5 Å². The molecule has 0 heterocycles. The van der Waals surface area contributed by atoms with Gasteiger partial charge in [0.2, 0.25) is 0 Å². The Morgan fingerprint density at radius 1 is 1.25 bits per heavy atom. The predicted molar refractivity (Wildman–Crippen MR) is 57.0 cm³/mol. The van der Waals surface area contributed by atoms with Crippen molar-refractivity contribution in [1.29, 1.82) is 0 Å². The second-order valence-electron chi connectivity index (χ2n) is 3.75. The molecule has 0 radical (unpaired) electrons. The van der Waals surface area contributed by atoms with Crippen molar-refractivity contribution in [3.05, 3.63) is 29.8 Å². The van der Waals surface area contributed by atoms with Crippen molar-refractivity contribution >= 4 is 12.6 Å². The maximum Gasteiger partial charge on any atom is 0.00774 e. The molecule has 0 amide bonds. The third kappa shape index (κ3) is 1.84. The van der Waals surface area contributed by atoms with E-state index < -0.39 is 0 Å². The highest BCUT2D eigenvalue weighted by Gasteiger charge is 2.19. The van der Waals surface area contributed by atoms with Gasteiger partial charge in [0.1, 0.15) is 0 Å². The van der Waals surface area contributed by atoms with E-state index in [1.165, 1.54) is 5.56 Å². The van der Waals surface area contributed by atoms with E-state index in [4.69, 9.17) is 0 Å². The molecule has 1 rings (SSSR count). The smallest absolute Gasteiger partial charge is 0.00774 e. The summed E-state index contributed by atoms with van der Waals surface area (Å²) in [6.07, 6.45) is 1.14. The van der Waals surface area contributed by atoms with Crippen molar-refractivity contribution in [3.8, 4) is 0 Å². The SMILES string of the molecule is CCC(C)(C)c1ccccc1S. The Labute approximate surface area is 80.4 Å². The van der Waals surface area contributed by atoms with Gasteiger partial charge in [-0.1, -0.05) is 39.0 Å². The lowest BCUT2D eigenvalue weighted by Gasteiger charge is -2.24. The minimum absolute atomic E-state index is 0.248. The van der Waals surface area contributed by atoms with E-state index in [1.807, 2.05) is 6.07 Å². The van der Waals surface area contributed by atoms with Crippen molar-refractivity contribution < 1.29 is 0 Å². The number of thiol groups is 1. The second-order valence-corrected chi connectivity index (χ2v) is 4.24. The van der Waals surface area contributed by atoms with Crippen LogP contribution in [-0.2, 0) is 5.41 Å². The van der Waals surface area contributed by atoms with Gasteiger partial charge in [-0.2, -0.15) is 0 Å². The Hall–Kier alpha value is -0.430. The van der Waals surface area contributed by atoms with Gasteiger partial charge in [0.25, 0.3) is 0 Å². The highest BCUT2D eigenvalue weighted by Crippen LogP contribution is 2.30. The van der Waals surface area contributed by atoms with Crippen molar-refractivity contribution in [3.63, 3.8) is 0 Å². The Kier molecular flexibility index (Phi) is 2.84. The largest absolute Gasteiger partial charge is 0.143 e. The minimum Gasteiger partial charge on any atom is -0.143 e. The average molecular weight is 180 g/mol. The molecule has 0 aliphatic heterocycles. The summed E-state index contributed by atoms with van der Waals surface area (Å²) in [6, 6.07) is 8.31. The third-order valence-corrected chi connectivity index (χ3v) is 2.91. The summed E-state index contributed by atoms with van der Waals surface area (Å²) >= 11 is 4.45. The van der Waals surface area contributed by atoms with Crippen LogP contribution in [0.2, 0.25) is 0 Å². The van der Waals surface area contributed by atoms with Crippen LogP contribution >= 0.6 is 12.6 Å². The molecule has 0 unspecified atom stereocenters. The summed E-state index contributed by atoms with van der Waals surface area (Å²) in [5.74, 6) is 0. The summed E-state index contributed by atoms with van der Waals surface area (Å²) < 4.78 is 0. The molecule has 0 N–H and O–H groups in total. The van der Waals surface area contributed by atoms with E-state index in [0.29, 0.717) is 0 Å². The molecule has 0 bridgehead atoms. The zero-order valence-corrected chi connectivity index (χ0v) is 8.86. The fourth-order valence-electron chi connectivity index (χ4n) is 1.24. The van der Waals surface area contributed by atoms with Gasteiger partial charge >= 0.3 is 0 Å². The van der Waals surface area contributed by atoms with E-state index >= 15 is 0 Å². The third-order valence-electron chi connectivity index (χ3n) is 2.52. The van der Waals surface area contributed by atoms with Gasteiger partial charge in [-0.05, 0) is 23.5 Å². The fourth-order valence-corrected chi connectivity index (χ4v) is 1.70. The highest BCUT2D eigenvalue weighted by molar-refractivity contribution is 7.80. The van der Waals surface area contributed by atoms with E-state index in [2.05, 4.69) is 51.6 Å². The van der Waals surface area contributed by atoms with Crippen LogP contribution < -0.4 is 0 Å². The molecule has 66 valence electrons. The molecule has 0 aliphatic carbocycles. The van der Waals surface area contributed by atoms with E-state index in [-0.39, 0.29) is 5.41 Å². The molecule has 0 spiro atoms. The molecule has 1 aromatic rings. The maximum atomic E-state index is 4.45. The van der Waals surface area contributed by atoms with Crippen LogP contribution in [0.5, 0.6) is 0 Å². The number of hydrogen-bond acceptors (Lipinski definition) is 1. The molecule has 0 atom stereocenters. The van der Waals surface area contributed by atoms with Crippen LogP contribution in [0.3, 0.4) is 0 Å². The van der Waals surface area contributed by atoms with Gasteiger partial charge in [0.15, 0.2) is 0 Å². The molecule has 1 aromatic carbocycles. The van der Waals surface area contributed by atoms with Gasteiger partial charge in [0.05, 0.1) is 0 Å². The number of benzene rings is 1. The van der Waals surface area contributed by atoms with Gasteiger partial charge in [-0.3, -0.25) is 0 Å². The monoisotopic (exact) mass is 180 g/mol. The van der Waals surface area contributed by atoms with Crippen LogP contribution in [0.4, 0.5) is 0 Å². The molecule has 1 heteroatoms. The maximum absolute atomic E-state index is 4.45. The zero-order chi connectivity index (χ0) is 9.19. The Balaban J connectivity index is 3.10. The average Bonchev–Trinajstić information content (AvgIpc) is 2.05. The molecule has 0 fully saturated rings. The lowest BCUT2D eigenvalue weighted by molar-refractivity contribution is 0.497. The van der Waals surface area contributed by atoms with E-state index in [9.17, 15) is 0 Å². The van der Waals surface area contributed by atoms with E-state index in [1.54, 1.807) is 0 Å². The first kappa shape index (κ1) is 9.66. The Bertz CT molecular complexity index is 263. The van der Waals surface area contributed by atoms with Gasteiger partial charge in [-0.25, -0.2) is 0 Å². The molecular weight excluding hydrogens is 164 g/mol. The Morgan fingerprint density at radius 3 is 2.33 bits per heavy atom. The summed E-state index contributed by atoms with van der Waals surface area (Å²) in [5.41, 5.74) is 1.59. The quantitative estimate of drug-likeness (QED) is 0.660. The van der Waals surface area contributed by atoms with Gasteiger partial charge in [-0.15, -0.1) is 12.6 Å². The van der Waals surface area contributed by atoms with Crippen LogP contribution in [0.15, 0.2) is 29.2 Å². The highest BCUT2D eigenvalue weighted by atomic mass is 32.1. The number of rotatable bonds is 2. The van der Waals surface area contributed by atoms with Gasteiger partial charge < -0.3 is 0 Å². The van der Waals surface area contributed by atoms with Crippen molar-refractivity contribution in [1.82, 2.24) is 0 Å². The van der Waals surface area contributed by atoms with Crippen LogP contribution in [0.25, 0.3) is 0 Å². The minimum atomic E-state index is 0.248. The molecule has 0 aromatic heterocycles. The predicted octanol–water partition coefficient (Wildman–Crippen LogP) is 3.66. The van der Waals surface area contributed by atoms with Crippen molar-refractivity contribution in [2.24, 2.45) is 0 Å². The van der Waals surface area contributed by atoms with Crippen LogP contribution in [0.1, 0.15) is 32.8 Å². The van der Waals surface area contributed by atoms with Crippen LogP contribution in [-0.4, -0.2) is 0 Å². The molecular formula is C11H16S. The zero-order valence-electron chi connectivity index (χ0n) is 7.96. The van der Waals surface area contributed by atoms with Gasteiger partial charge in [0, 0.05) is 4.90 Å². The normalized spacial score (nSPS) is 11.7. The standard InChI is InChI=1S/C11H16S/c1-4-11(2,3)9-7-5-6-8-10(9)12/h5-8,12H,4H2,1-3H3. The molecule has 12 heavy (non-hydrogen) atoms. The summed E-state index contributed by atoms with van der Waals surface area (Å²) in [6.45, 7) is 6.71. The first-order valence-corrected chi connectivity index (χ1v) is 4.81. The molecule has 0 saturated carbocycles. The lowest BCUT2D eigenvalue weighted by atomic mass is 9.82. The topological polar surface area (TPSA) is 0 Å². The first-order valence-electron chi connectivity index (χ1n) is 4.36. The lowest BCUT2D eigenvalue weighted by Crippen LogP contribution is -2.15. The van der Waals surface area contributed by atoms with E-state index in [0.717, 1.165) is 11.3 Å². The summed E-state index contributed by atoms with van der Waals surface area (Å²) in [4.78, 5) is 1.10. The van der Waals surface area contributed by atoms with Crippen molar-refractivity contribution in [2.75, 3.05) is 0 Å². The number of hydrogen-bond donors (Lipinski definition) is 1. The summed E-state index contributed by atoms with van der Waals surface area (Å²) in [7, 11) is 0. The summed E-state index contributed by atoms with van der Waals surface area (Å²) in [5, 5.41) is 0. The second kappa shape index (κ2) is 3.53. The fraction of sp³-hybridized carbons (Fsp3) is 0.455. The molecule has 0 nitrogen and oxygen atoms in total. The molecule has 0 saturated heterocycles. The molecule has 0 aliphatic rings. The Morgan fingerprint density at radius 2 is 1.83 bits per heavy atom.